The highest BCUT2D eigenvalue weighted by Gasteiger charge is 2.31. The molecule has 1 amide bonds. The van der Waals surface area contributed by atoms with Crippen LogP contribution in [0.2, 0.25) is 0 Å². The van der Waals surface area contributed by atoms with Crippen molar-refractivity contribution in [3.8, 4) is 51.3 Å². The van der Waals surface area contributed by atoms with Gasteiger partial charge in [0.2, 0.25) is 0 Å². The van der Waals surface area contributed by atoms with E-state index in [-0.39, 0.29) is 90.8 Å². The summed E-state index contributed by atoms with van der Waals surface area (Å²) >= 11 is 0. The lowest BCUT2D eigenvalue weighted by atomic mass is 10.00. The van der Waals surface area contributed by atoms with Crippen LogP contribution in [0.1, 0.15) is 39.9 Å². The summed E-state index contributed by atoms with van der Waals surface area (Å²) in [5, 5.41) is 13.6. The molecule has 8 bridgehead atoms. The number of para-hydroxylation sites is 1. The molecule has 3 aromatic heterocycles. The van der Waals surface area contributed by atoms with Gasteiger partial charge < -0.3 is 47.7 Å². The molecule has 11 N–H and O–H groups in total. The topological polar surface area (TPSA) is 334 Å². The third-order valence-electron chi connectivity index (χ3n) is 11.5. The molecule has 0 spiro atoms. The maximum absolute atomic E-state index is 14.1. The molecule has 7 aromatic rings. The minimum absolute atomic E-state index is 0.0154. The molecule has 20 nitrogen and oxygen atoms in total. The molecule has 5 heterocycles. The number of aromatic nitrogens is 8. The molecule has 10 rings (SSSR count). The summed E-state index contributed by atoms with van der Waals surface area (Å²) in [5.74, 6) is -0.107. The number of amides is 1. The fourth-order valence-electron chi connectivity index (χ4n) is 8.23. The van der Waals surface area contributed by atoms with Crippen molar-refractivity contribution in [2.45, 2.75) is 41.9 Å². The van der Waals surface area contributed by atoms with Crippen LogP contribution in [0.15, 0.2) is 99.6 Å². The summed E-state index contributed by atoms with van der Waals surface area (Å²) in [6.45, 7) is 0.308. The smallest absolute Gasteiger partial charge is 0.294 e. The molecule has 0 radical (unpaired) electrons. The van der Waals surface area contributed by atoms with Crippen molar-refractivity contribution in [1.29, 1.82) is 0 Å². The number of aromatic amines is 2. The molecule has 0 unspecified atom stereocenters. The molecule has 66 heavy (non-hydrogen) atoms. The van der Waals surface area contributed by atoms with Crippen LogP contribution in [0.3, 0.4) is 0 Å². The number of nitrogens with one attached hydrogen (secondary N) is 3. The first-order chi connectivity index (χ1) is 31.4. The number of carbonyl (C=O) groups excluding carboxylic acids is 1. The summed E-state index contributed by atoms with van der Waals surface area (Å²) < 4.78 is 96.4. The Hall–Kier alpha value is -6.64. The van der Waals surface area contributed by atoms with Crippen molar-refractivity contribution >= 4 is 71.1 Å². The number of carbonyl (C=O) groups is 1. The average molecular weight is 952 g/mol. The van der Waals surface area contributed by atoms with Gasteiger partial charge in [-0.1, -0.05) is 36.4 Å². The van der Waals surface area contributed by atoms with Crippen LogP contribution in [-0.4, -0.2) is 97.7 Å². The summed E-state index contributed by atoms with van der Waals surface area (Å²) in [6.07, 6.45) is 3.30. The predicted molar refractivity (Wildman–Crippen MR) is 246 cm³/mol. The van der Waals surface area contributed by atoms with E-state index in [0.29, 0.717) is 59.0 Å². The van der Waals surface area contributed by atoms with E-state index in [1.165, 1.54) is 42.5 Å². The Morgan fingerprint density at radius 2 is 1.29 bits per heavy atom. The van der Waals surface area contributed by atoms with Crippen molar-refractivity contribution in [2.75, 3.05) is 6.54 Å². The first-order valence-corrected chi connectivity index (χ1v) is 24.5. The van der Waals surface area contributed by atoms with E-state index in [1.54, 1.807) is 30.3 Å². The zero-order chi connectivity index (χ0) is 46.3. The highest BCUT2D eigenvalue weighted by Crippen LogP contribution is 2.49. The first kappa shape index (κ1) is 43.3. The highest BCUT2D eigenvalue weighted by atomic mass is 32.3. The fourth-order valence-corrected chi connectivity index (χ4v) is 9.91. The molecular weight excluding hydrogens is 915 g/mol. The van der Waals surface area contributed by atoms with Crippen LogP contribution in [0.5, 0.6) is 5.75 Å². The molecule has 0 atom stereocenters. The SMILES string of the molecule is O=C(NCCCCc1ccccc1O)c1cccc2c1-c1nc-2nc2[nH]c(nc3nc(nc4[nH]c(n1)c1ccc(S(=O)(=O)O)cc41)-c1cc(S(O)(O)O)ccc1-3)c1c2CC=C(S(O)(O)O)C1. The minimum Gasteiger partial charge on any atom is -0.508 e. The molecule has 338 valence electrons. The zero-order valence-corrected chi connectivity index (χ0v) is 36.5. The van der Waals surface area contributed by atoms with Gasteiger partial charge in [-0.15, -0.1) is 0 Å². The van der Waals surface area contributed by atoms with Gasteiger partial charge in [-0.3, -0.25) is 9.35 Å². The van der Waals surface area contributed by atoms with Gasteiger partial charge in [0, 0.05) is 62.0 Å². The van der Waals surface area contributed by atoms with Gasteiger partial charge in [0.05, 0.1) is 15.4 Å². The molecule has 0 fully saturated rings. The Morgan fingerprint density at radius 3 is 2.05 bits per heavy atom. The molecule has 0 saturated carbocycles. The van der Waals surface area contributed by atoms with Crippen molar-refractivity contribution in [3.05, 3.63) is 112 Å². The Kier molecular flexibility index (Phi) is 10.5. The Balaban J connectivity index is 1.21. The number of phenols is 1. The van der Waals surface area contributed by atoms with Crippen LogP contribution in [-0.2, 0) is 29.4 Å². The van der Waals surface area contributed by atoms with E-state index in [0.717, 1.165) is 5.56 Å². The minimum atomic E-state index is -4.73. The van der Waals surface area contributed by atoms with E-state index in [2.05, 4.69) is 20.3 Å². The van der Waals surface area contributed by atoms with Crippen LogP contribution in [0.4, 0.5) is 0 Å². The number of aromatic hydroxyl groups is 1. The van der Waals surface area contributed by atoms with Crippen molar-refractivity contribution in [1.82, 2.24) is 45.2 Å². The molecule has 4 aromatic carbocycles. The third-order valence-corrected chi connectivity index (χ3v) is 14.2. The second kappa shape index (κ2) is 16.1. The van der Waals surface area contributed by atoms with Gasteiger partial charge in [0.25, 0.3) is 16.0 Å². The molecule has 2 aliphatic heterocycles. The van der Waals surface area contributed by atoms with E-state index < -0.39 is 42.7 Å². The van der Waals surface area contributed by atoms with Crippen LogP contribution < -0.4 is 5.32 Å². The van der Waals surface area contributed by atoms with Crippen LogP contribution in [0, 0.1) is 0 Å². The number of fused-ring (bicyclic) bond motifs is 20. The van der Waals surface area contributed by atoms with Crippen molar-refractivity contribution < 1.29 is 50.2 Å². The number of hydrogen-bond acceptors (Lipinski definition) is 16. The largest absolute Gasteiger partial charge is 0.508 e. The number of phenolic OH excluding ortho intramolecular Hbond substituents is 1. The number of allylic oxidation sites excluding steroid dienone is 2. The lowest BCUT2D eigenvalue weighted by Crippen LogP contribution is -2.25. The number of rotatable bonds is 9. The lowest BCUT2D eigenvalue weighted by molar-refractivity contribution is 0.0953. The number of unbranched alkanes of at least 4 members (excludes halogenated alkanes) is 1. The van der Waals surface area contributed by atoms with E-state index in [4.69, 9.17) is 24.9 Å². The second-order valence-corrected chi connectivity index (χ2v) is 20.1. The predicted octanol–water partition coefficient (Wildman–Crippen LogP) is 8.21. The van der Waals surface area contributed by atoms with Crippen molar-refractivity contribution in [2.24, 2.45) is 0 Å². The molecular formula is C43H37N9O11S3. The Bertz CT molecular complexity index is 3530. The van der Waals surface area contributed by atoms with Gasteiger partial charge in [-0.05, 0) is 79.8 Å². The van der Waals surface area contributed by atoms with E-state index in [9.17, 15) is 50.2 Å². The normalized spacial score (nSPS) is 14.0. The monoisotopic (exact) mass is 951 g/mol. The van der Waals surface area contributed by atoms with Gasteiger partial charge in [-0.25, -0.2) is 29.9 Å². The maximum atomic E-state index is 14.1. The standard InChI is InChI=1S/C43H37N9O11S3/c53-33-10-2-1-6-21(33)7-3-4-17-44-43(54)29-9-5-8-28-34(29)42-51-37-27-16-13-24(66(61,62)63)20-32(27)41(49-37)50-40-31-19-23(65(58,59)60)12-15-26(31)36(48-40)47-39-30-18-22(64(55,56)57)11-14-25(30)35(46-39)45-38(28)52-42/h1-2,5-6,8-13,15-16,19-20,53,55-60H,3-4,7,14,17-18H2,(H,44,54)(H,61,62,63)(H2,45,46,47,48,49,50,51,52). The Labute approximate surface area is 376 Å². The van der Waals surface area contributed by atoms with Crippen molar-refractivity contribution in [3.63, 3.8) is 0 Å². The van der Waals surface area contributed by atoms with Gasteiger partial charge in [0.15, 0.2) is 23.3 Å². The fraction of sp³-hybridized carbons (Fsp3) is 0.140. The zero-order valence-electron chi connectivity index (χ0n) is 34.0. The first-order valence-electron chi connectivity index (χ1n) is 20.1. The third kappa shape index (κ3) is 7.95. The molecule has 0 saturated heterocycles. The molecule has 3 aliphatic rings. The number of H-pyrrole nitrogens is 2. The summed E-state index contributed by atoms with van der Waals surface area (Å²) in [7, 11) is -13.1. The Morgan fingerprint density at radius 1 is 0.621 bits per heavy atom. The maximum Gasteiger partial charge on any atom is 0.294 e. The summed E-state index contributed by atoms with van der Waals surface area (Å²) in [4.78, 5) is 48.6. The summed E-state index contributed by atoms with van der Waals surface area (Å²) in [5.41, 5.74) is 3.75. The number of nitrogens with zero attached hydrogens (tertiary/aromatic N) is 6. The van der Waals surface area contributed by atoms with Crippen LogP contribution in [0.25, 0.3) is 78.9 Å². The highest BCUT2D eigenvalue weighted by molar-refractivity contribution is 8.22. The summed E-state index contributed by atoms with van der Waals surface area (Å²) in [6, 6.07) is 19.8. The van der Waals surface area contributed by atoms with Crippen LogP contribution >= 0.6 is 21.7 Å². The quantitative estimate of drug-likeness (QED) is 0.0479. The number of benzene rings is 4. The number of hydrogen-bond donors (Lipinski definition) is 11. The molecule has 23 heteroatoms. The number of aryl methyl sites for hydroxylation is 1. The average Bonchev–Trinajstić information content (AvgIpc) is 4.01. The van der Waals surface area contributed by atoms with Gasteiger partial charge in [-0.2, -0.15) is 8.42 Å². The van der Waals surface area contributed by atoms with Gasteiger partial charge in [0.1, 0.15) is 50.1 Å². The van der Waals surface area contributed by atoms with E-state index >= 15 is 0 Å². The molecule has 1 aliphatic carbocycles. The second-order valence-electron chi connectivity index (χ2n) is 15.6. The lowest BCUT2D eigenvalue weighted by Gasteiger charge is -2.25. The van der Waals surface area contributed by atoms with Gasteiger partial charge >= 0.3 is 0 Å². The van der Waals surface area contributed by atoms with E-state index in [1.807, 2.05) is 12.1 Å².